The molecule has 0 radical (unpaired) electrons. The van der Waals surface area contributed by atoms with Crippen molar-refractivity contribution in [1.29, 1.82) is 0 Å². The van der Waals surface area contributed by atoms with E-state index in [1.807, 2.05) is 0 Å². The molecular formula is C11H12ClFO2. The Morgan fingerprint density at radius 3 is 3.00 bits per heavy atom. The average molecular weight is 231 g/mol. The Kier molecular flexibility index (Phi) is 3.24. The predicted octanol–water partition coefficient (Wildman–Crippen LogP) is 2.55. The SMILES string of the molecule is OCC1CCOC1c1ccc(Cl)cc1F. The van der Waals surface area contributed by atoms with Crippen LogP contribution in [0.15, 0.2) is 18.2 Å². The van der Waals surface area contributed by atoms with E-state index in [9.17, 15) is 4.39 Å². The van der Waals surface area contributed by atoms with Gasteiger partial charge in [-0.15, -0.1) is 0 Å². The minimum absolute atomic E-state index is 0.0133. The summed E-state index contributed by atoms with van der Waals surface area (Å²) in [5, 5.41) is 9.48. The van der Waals surface area contributed by atoms with Crippen LogP contribution in [0.4, 0.5) is 4.39 Å². The summed E-state index contributed by atoms with van der Waals surface area (Å²) in [4.78, 5) is 0. The molecule has 1 fully saturated rings. The van der Waals surface area contributed by atoms with Crippen molar-refractivity contribution in [3.05, 3.63) is 34.6 Å². The molecule has 82 valence electrons. The highest BCUT2D eigenvalue weighted by molar-refractivity contribution is 6.30. The number of hydrogen-bond acceptors (Lipinski definition) is 2. The lowest BCUT2D eigenvalue weighted by Gasteiger charge is -2.17. The van der Waals surface area contributed by atoms with E-state index in [0.717, 1.165) is 6.42 Å². The molecule has 2 nitrogen and oxygen atoms in total. The van der Waals surface area contributed by atoms with Crippen LogP contribution in [0.25, 0.3) is 0 Å². The molecule has 0 aromatic heterocycles. The van der Waals surface area contributed by atoms with Crippen molar-refractivity contribution in [2.45, 2.75) is 12.5 Å². The molecular weight excluding hydrogens is 219 g/mol. The van der Waals surface area contributed by atoms with Crippen LogP contribution in [0, 0.1) is 11.7 Å². The molecule has 2 rings (SSSR count). The molecule has 0 bridgehead atoms. The highest BCUT2D eigenvalue weighted by Crippen LogP contribution is 2.35. The number of aliphatic hydroxyl groups excluding tert-OH is 1. The van der Waals surface area contributed by atoms with Crippen LogP contribution in [0.3, 0.4) is 0 Å². The molecule has 4 heteroatoms. The van der Waals surface area contributed by atoms with Gasteiger partial charge in [-0.05, 0) is 18.6 Å². The van der Waals surface area contributed by atoms with Crippen molar-refractivity contribution in [1.82, 2.24) is 0 Å². The monoisotopic (exact) mass is 230 g/mol. The largest absolute Gasteiger partial charge is 0.396 e. The minimum Gasteiger partial charge on any atom is -0.396 e. The van der Waals surface area contributed by atoms with Crippen LogP contribution in [0.5, 0.6) is 0 Å². The number of rotatable bonds is 2. The van der Waals surface area contributed by atoms with E-state index in [0.29, 0.717) is 17.2 Å². The van der Waals surface area contributed by atoms with Gasteiger partial charge in [0.05, 0.1) is 6.10 Å². The fourth-order valence-corrected chi connectivity index (χ4v) is 2.06. The third-order valence-corrected chi connectivity index (χ3v) is 2.95. The first-order chi connectivity index (χ1) is 7.22. The third-order valence-electron chi connectivity index (χ3n) is 2.72. The van der Waals surface area contributed by atoms with E-state index >= 15 is 0 Å². The second-order valence-corrected chi connectivity index (χ2v) is 4.12. The number of aliphatic hydroxyl groups is 1. The Bertz CT molecular complexity index is 356. The molecule has 1 heterocycles. The maximum absolute atomic E-state index is 13.6. The lowest BCUT2D eigenvalue weighted by atomic mass is 9.96. The van der Waals surface area contributed by atoms with Crippen LogP contribution >= 0.6 is 11.6 Å². The standard InChI is InChI=1S/C11H12ClFO2/c12-8-1-2-9(10(13)5-8)11-7(6-14)3-4-15-11/h1-2,5,7,11,14H,3-4,6H2. The minimum atomic E-state index is -0.368. The van der Waals surface area contributed by atoms with Gasteiger partial charge in [0.25, 0.3) is 0 Å². The smallest absolute Gasteiger partial charge is 0.130 e. The second-order valence-electron chi connectivity index (χ2n) is 3.69. The van der Waals surface area contributed by atoms with E-state index < -0.39 is 0 Å². The van der Waals surface area contributed by atoms with Gasteiger partial charge in [0, 0.05) is 29.7 Å². The maximum Gasteiger partial charge on any atom is 0.130 e. The first-order valence-electron chi connectivity index (χ1n) is 4.90. The number of hydrogen-bond donors (Lipinski definition) is 1. The Balaban J connectivity index is 2.28. The molecule has 0 spiro atoms. The Hall–Kier alpha value is -0.640. The third kappa shape index (κ3) is 2.14. The molecule has 0 saturated carbocycles. The summed E-state index contributed by atoms with van der Waals surface area (Å²) in [5.41, 5.74) is 0.482. The summed E-state index contributed by atoms with van der Waals surface area (Å²) >= 11 is 5.66. The van der Waals surface area contributed by atoms with Crippen LogP contribution in [0.2, 0.25) is 5.02 Å². The molecule has 1 aromatic carbocycles. The molecule has 2 atom stereocenters. The van der Waals surface area contributed by atoms with E-state index in [2.05, 4.69) is 0 Å². The topological polar surface area (TPSA) is 29.5 Å². The van der Waals surface area contributed by atoms with E-state index in [1.165, 1.54) is 6.07 Å². The zero-order valence-corrected chi connectivity index (χ0v) is 8.88. The van der Waals surface area contributed by atoms with Crippen LogP contribution in [0.1, 0.15) is 18.1 Å². The number of benzene rings is 1. The van der Waals surface area contributed by atoms with Gasteiger partial charge in [-0.2, -0.15) is 0 Å². The highest BCUT2D eigenvalue weighted by Gasteiger charge is 2.30. The maximum atomic E-state index is 13.6. The van der Waals surface area contributed by atoms with Crippen LogP contribution in [-0.4, -0.2) is 18.3 Å². The van der Waals surface area contributed by atoms with Gasteiger partial charge in [-0.3, -0.25) is 0 Å². The van der Waals surface area contributed by atoms with Gasteiger partial charge in [-0.25, -0.2) is 4.39 Å². The van der Waals surface area contributed by atoms with Gasteiger partial charge < -0.3 is 9.84 Å². The van der Waals surface area contributed by atoms with Gasteiger partial charge in [0.2, 0.25) is 0 Å². The van der Waals surface area contributed by atoms with E-state index in [4.69, 9.17) is 21.4 Å². The fraction of sp³-hybridized carbons (Fsp3) is 0.455. The van der Waals surface area contributed by atoms with Gasteiger partial charge in [0.1, 0.15) is 5.82 Å². The van der Waals surface area contributed by atoms with Crippen molar-refractivity contribution in [2.24, 2.45) is 5.92 Å². The highest BCUT2D eigenvalue weighted by atomic mass is 35.5. The quantitative estimate of drug-likeness (QED) is 0.846. The van der Waals surface area contributed by atoms with E-state index in [-0.39, 0.29) is 24.4 Å². The molecule has 2 unspecified atom stereocenters. The van der Waals surface area contributed by atoms with Crippen LogP contribution in [-0.2, 0) is 4.74 Å². The summed E-state index contributed by atoms with van der Waals surface area (Å²) in [6, 6.07) is 4.53. The van der Waals surface area contributed by atoms with Crippen molar-refractivity contribution < 1.29 is 14.2 Å². The molecule has 1 saturated heterocycles. The van der Waals surface area contributed by atoms with Gasteiger partial charge >= 0.3 is 0 Å². The predicted molar refractivity (Wildman–Crippen MR) is 55.3 cm³/mol. The fourth-order valence-electron chi connectivity index (χ4n) is 1.90. The van der Waals surface area contributed by atoms with Crippen molar-refractivity contribution in [3.63, 3.8) is 0 Å². The number of ether oxygens (including phenoxy) is 1. The van der Waals surface area contributed by atoms with Crippen molar-refractivity contribution >= 4 is 11.6 Å². The molecule has 0 aliphatic carbocycles. The van der Waals surface area contributed by atoms with Gasteiger partial charge in [0.15, 0.2) is 0 Å². The summed E-state index contributed by atoms with van der Waals surface area (Å²) in [6.45, 7) is 0.588. The zero-order chi connectivity index (χ0) is 10.8. The van der Waals surface area contributed by atoms with Crippen molar-refractivity contribution in [2.75, 3.05) is 13.2 Å². The first kappa shape index (κ1) is 10.9. The zero-order valence-electron chi connectivity index (χ0n) is 8.12. The normalized spacial score (nSPS) is 25.8. The second kappa shape index (κ2) is 4.47. The molecule has 1 aliphatic heterocycles. The average Bonchev–Trinajstić information content (AvgIpc) is 2.65. The van der Waals surface area contributed by atoms with Gasteiger partial charge in [-0.1, -0.05) is 17.7 Å². The molecule has 15 heavy (non-hydrogen) atoms. The number of halogens is 2. The Morgan fingerprint density at radius 1 is 1.53 bits per heavy atom. The van der Waals surface area contributed by atoms with Crippen LogP contribution < -0.4 is 0 Å². The Morgan fingerprint density at radius 2 is 2.33 bits per heavy atom. The summed E-state index contributed by atoms with van der Waals surface area (Å²) in [7, 11) is 0. The first-order valence-corrected chi connectivity index (χ1v) is 5.27. The molecule has 1 aromatic rings. The lowest BCUT2D eigenvalue weighted by molar-refractivity contribution is 0.0693. The van der Waals surface area contributed by atoms with Crippen molar-refractivity contribution in [3.8, 4) is 0 Å². The molecule has 1 aliphatic rings. The molecule has 0 amide bonds. The lowest BCUT2D eigenvalue weighted by Crippen LogP contribution is -2.12. The van der Waals surface area contributed by atoms with E-state index in [1.54, 1.807) is 12.1 Å². The Labute approximate surface area is 92.6 Å². The summed E-state index contributed by atoms with van der Waals surface area (Å²) in [5.74, 6) is -0.381. The summed E-state index contributed by atoms with van der Waals surface area (Å²) in [6.07, 6.45) is 0.427. The summed E-state index contributed by atoms with van der Waals surface area (Å²) < 4.78 is 19.0. The molecule has 1 N–H and O–H groups in total.